The SMILES string of the molecule is COc1ccc(C(=O)N/N=C/c2cc(Br)ccc2Br)cc1. The number of rotatable bonds is 4. The Kier molecular flexibility index (Phi) is 5.52. The Hall–Kier alpha value is -1.66. The molecule has 0 radical (unpaired) electrons. The third kappa shape index (κ3) is 4.41. The van der Waals surface area contributed by atoms with Crippen LogP contribution in [-0.2, 0) is 0 Å². The summed E-state index contributed by atoms with van der Waals surface area (Å²) in [6, 6.07) is 12.5. The van der Waals surface area contributed by atoms with Crippen molar-refractivity contribution in [2.75, 3.05) is 7.11 Å². The number of benzene rings is 2. The molecular formula is C15H12Br2N2O2. The summed E-state index contributed by atoms with van der Waals surface area (Å²) >= 11 is 6.81. The Labute approximate surface area is 139 Å². The molecule has 0 atom stereocenters. The number of methoxy groups -OCH3 is 1. The zero-order chi connectivity index (χ0) is 15.2. The zero-order valence-electron chi connectivity index (χ0n) is 11.1. The lowest BCUT2D eigenvalue weighted by atomic mass is 10.2. The first-order valence-electron chi connectivity index (χ1n) is 6.02. The van der Waals surface area contributed by atoms with Crippen molar-refractivity contribution in [3.05, 3.63) is 62.5 Å². The molecule has 1 amide bonds. The first-order valence-corrected chi connectivity index (χ1v) is 7.61. The van der Waals surface area contributed by atoms with Crippen LogP contribution in [0.25, 0.3) is 0 Å². The third-order valence-electron chi connectivity index (χ3n) is 2.68. The highest BCUT2D eigenvalue weighted by molar-refractivity contribution is 9.11. The first-order chi connectivity index (χ1) is 10.1. The number of amides is 1. The molecule has 108 valence electrons. The van der Waals surface area contributed by atoms with Crippen molar-refractivity contribution in [2.24, 2.45) is 5.10 Å². The molecule has 2 rings (SSSR count). The van der Waals surface area contributed by atoms with Crippen LogP contribution in [0, 0.1) is 0 Å². The molecule has 6 heteroatoms. The van der Waals surface area contributed by atoms with Gasteiger partial charge in [0.2, 0.25) is 0 Å². The van der Waals surface area contributed by atoms with Gasteiger partial charge in [-0.25, -0.2) is 5.43 Å². The summed E-state index contributed by atoms with van der Waals surface area (Å²) in [4.78, 5) is 11.9. The number of nitrogens with one attached hydrogen (secondary N) is 1. The summed E-state index contributed by atoms with van der Waals surface area (Å²) in [5.41, 5.74) is 3.86. The van der Waals surface area contributed by atoms with Crippen molar-refractivity contribution >= 4 is 44.0 Å². The molecule has 0 saturated carbocycles. The monoisotopic (exact) mass is 410 g/mol. The van der Waals surface area contributed by atoms with Crippen LogP contribution >= 0.6 is 31.9 Å². The van der Waals surface area contributed by atoms with Crippen molar-refractivity contribution in [1.82, 2.24) is 5.43 Å². The second kappa shape index (κ2) is 7.38. The zero-order valence-corrected chi connectivity index (χ0v) is 14.3. The molecule has 0 unspecified atom stereocenters. The molecule has 0 aromatic heterocycles. The quantitative estimate of drug-likeness (QED) is 0.610. The van der Waals surface area contributed by atoms with Gasteiger partial charge < -0.3 is 4.74 Å². The van der Waals surface area contributed by atoms with Gasteiger partial charge >= 0.3 is 0 Å². The maximum atomic E-state index is 11.9. The lowest BCUT2D eigenvalue weighted by Gasteiger charge is -2.02. The van der Waals surface area contributed by atoms with Gasteiger partial charge in [0.1, 0.15) is 5.75 Å². The van der Waals surface area contributed by atoms with E-state index < -0.39 is 0 Å². The Morgan fingerprint density at radius 2 is 1.90 bits per heavy atom. The number of carbonyl (C=O) groups is 1. The number of ether oxygens (including phenoxy) is 1. The van der Waals surface area contributed by atoms with Gasteiger partial charge in [0.05, 0.1) is 13.3 Å². The van der Waals surface area contributed by atoms with Gasteiger partial charge in [-0.1, -0.05) is 31.9 Å². The molecular weight excluding hydrogens is 400 g/mol. The van der Waals surface area contributed by atoms with Crippen LogP contribution in [0.2, 0.25) is 0 Å². The van der Waals surface area contributed by atoms with Crippen LogP contribution in [0.4, 0.5) is 0 Å². The fourth-order valence-corrected chi connectivity index (χ4v) is 2.31. The van der Waals surface area contributed by atoms with Gasteiger partial charge in [0.15, 0.2) is 0 Å². The van der Waals surface area contributed by atoms with Gasteiger partial charge in [0, 0.05) is 20.1 Å². The summed E-state index contributed by atoms with van der Waals surface area (Å²) < 4.78 is 6.88. The molecule has 2 aromatic rings. The molecule has 0 aliphatic carbocycles. The Bertz CT molecular complexity index is 670. The molecule has 0 saturated heterocycles. The fourth-order valence-electron chi connectivity index (χ4n) is 1.58. The number of hydrogen-bond acceptors (Lipinski definition) is 3. The summed E-state index contributed by atoms with van der Waals surface area (Å²) in [5.74, 6) is 0.424. The maximum absolute atomic E-state index is 11.9. The Morgan fingerprint density at radius 1 is 1.19 bits per heavy atom. The Morgan fingerprint density at radius 3 is 2.57 bits per heavy atom. The van der Waals surface area contributed by atoms with Crippen molar-refractivity contribution < 1.29 is 9.53 Å². The minimum absolute atomic E-state index is 0.278. The largest absolute Gasteiger partial charge is 0.497 e. The van der Waals surface area contributed by atoms with Gasteiger partial charge in [0.25, 0.3) is 5.91 Å². The lowest BCUT2D eigenvalue weighted by molar-refractivity contribution is 0.0955. The molecule has 0 aliphatic heterocycles. The van der Waals surface area contributed by atoms with Crippen LogP contribution < -0.4 is 10.2 Å². The lowest BCUT2D eigenvalue weighted by Crippen LogP contribution is -2.17. The van der Waals surface area contributed by atoms with Crippen LogP contribution in [0.1, 0.15) is 15.9 Å². The summed E-state index contributed by atoms with van der Waals surface area (Å²) in [6.07, 6.45) is 1.58. The highest BCUT2D eigenvalue weighted by atomic mass is 79.9. The van der Waals surface area contributed by atoms with Crippen molar-refractivity contribution in [2.45, 2.75) is 0 Å². The second-order valence-corrected chi connectivity index (χ2v) is 5.86. The van der Waals surface area contributed by atoms with Crippen LogP contribution in [0.3, 0.4) is 0 Å². The molecule has 0 bridgehead atoms. The topological polar surface area (TPSA) is 50.7 Å². The van der Waals surface area contributed by atoms with E-state index >= 15 is 0 Å². The predicted octanol–water partition coefficient (Wildman–Crippen LogP) is 3.98. The van der Waals surface area contributed by atoms with E-state index in [-0.39, 0.29) is 5.91 Å². The number of carbonyl (C=O) groups excluding carboxylic acids is 1. The van der Waals surface area contributed by atoms with E-state index in [2.05, 4.69) is 42.4 Å². The van der Waals surface area contributed by atoms with Crippen molar-refractivity contribution in [1.29, 1.82) is 0 Å². The van der Waals surface area contributed by atoms with E-state index in [1.54, 1.807) is 37.6 Å². The molecule has 21 heavy (non-hydrogen) atoms. The highest BCUT2D eigenvalue weighted by Gasteiger charge is 2.04. The molecule has 0 spiro atoms. The molecule has 2 aromatic carbocycles. The molecule has 1 N–H and O–H groups in total. The van der Waals surface area contributed by atoms with Crippen molar-refractivity contribution in [3.8, 4) is 5.75 Å². The van der Waals surface area contributed by atoms with E-state index in [1.807, 2.05) is 18.2 Å². The van der Waals surface area contributed by atoms with Gasteiger partial charge in [-0.15, -0.1) is 0 Å². The highest BCUT2D eigenvalue weighted by Crippen LogP contribution is 2.19. The third-order valence-corrected chi connectivity index (χ3v) is 3.90. The standard InChI is InChI=1S/C15H12Br2N2O2/c1-21-13-5-2-10(3-6-13)15(20)19-18-9-11-8-12(16)4-7-14(11)17/h2-9H,1H3,(H,19,20)/b18-9+. The van der Waals surface area contributed by atoms with Crippen LogP contribution in [-0.4, -0.2) is 19.2 Å². The minimum atomic E-state index is -0.278. The summed E-state index contributed by atoms with van der Waals surface area (Å²) in [6.45, 7) is 0. The fraction of sp³-hybridized carbons (Fsp3) is 0.0667. The van der Waals surface area contributed by atoms with E-state index in [4.69, 9.17) is 4.74 Å². The van der Waals surface area contributed by atoms with Crippen molar-refractivity contribution in [3.63, 3.8) is 0 Å². The van der Waals surface area contributed by atoms with Crippen LogP contribution in [0.15, 0.2) is 56.5 Å². The van der Waals surface area contributed by atoms with E-state index in [0.717, 1.165) is 14.5 Å². The normalized spacial score (nSPS) is 10.6. The number of hydrogen-bond donors (Lipinski definition) is 1. The van der Waals surface area contributed by atoms with Gasteiger partial charge in [-0.05, 0) is 42.5 Å². The number of hydrazone groups is 1. The second-order valence-electron chi connectivity index (χ2n) is 4.09. The predicted molar refractivity (Wildman–Crippen MR) is 89.9 cm³/mol. The maximum Gasteiger partial charge on any atom is 0.271 e. The van der Waals surface area contributed by atoms with E-state index in [1.165, 1.54) is 0 Å². The van der Waals surface area contributed by atoms with Gasteiger partial charge in [-0.2, -0.15) is 5.10 Å². The molecule has 0 aliphatic rings. The smallest absolute Gasteiger partial charge is 0.271 e. The van der Waals surface area contributed by atoms with Gasteiger partial charge in [-0.3, -0.25) is 4.79 Å². The Balaban J connectivity index is 2.02. The number of halogens is 2. The summed E-state index contributed by atoms with van der Waals surface area (Å²) in [5, 5.41) is 3.96. The average Bonchev–Trinajstić information content (AvgIpc) is 2.50. The molecule has 4 nitrogen and oxygen atoms in total. The van der Waals surface area contributed by atoms with Crippen LogP contribution in [0.5, 0.6) is 5.75 Å². The average molecular weight is 412 g/mol. The minimum Gasteiger partial charge on any atom is -0.497 e. The molecule has 0 fully saturated rings. The molecule has 0 heterocycles. The van der Waals surface area contributed by atoms with E-state index in [9.17, 15) is 4.79 Å². The van der Waals surface area contributed by atoms with E-state index in [0.29, 0.717) is 11.3 Å². The first kappa shape index (κ1) is 15.7. The summed E-state index contributed by atoms with van der Waals surface area (Å²) in [7, 11) is 1.58. The number of nitrogens with zero attached hydrogens (tertiary/aromatic N) is 1.